The molecule has 0 unspecified atom stereocenters. The van der Waals surface area contributed by atoms with Crippen molar-refractivity contribution < 1.29 is 4.79 Å². The summed E-state index contributed by atoms with van der Waals surface area (Å²) in [6.45, 7) is 4.82. The summed E-state index contributed by atoms with van der Waals surface area (Å²) in [6, 6.07) is 9.92. The van der Waals surface area contributed by atoms with Gasteiger partial charge in [-0.2, -0.15) is 0 Å². The van der Waals surface area contributed by atoms with Gasteiger partial charge in [0.05, 0.1) is 5.56 Å². The van der Waals surface area contributed by atoms with Gasteiger partial charge in [0.2, 0.25) is 0 Å². The van der Waals surface area contributed by atoms with Crippen LogP contribution in [0.15, 0.2) is 42.7 Å². The Morgan fingerprint density at radius 2 is 2.11 bits per heavy atom. The highest BCUT2D eigenvalue weighted by Gasteiger charge is 2.04. The van der Waals surface area contributed by atoms with Gasteiger partial charge in [0.15, 0.2) is 0 Å². The van der Waals surface area contributed by atoms with Crippen molar-refractivity contribution in [2.24, 2.45) is 0 Å². The van der Waals surface area contributed by atoms with E-state index in [1.54, 1.807) is 24.5 Å². The SMILES string of the molecule is Cc1ccc(CCNC(=O)c2cccnc2)c(C)c1. The second-order valence-electron chi connectivity index (χ2n) is 4.68. The van der Waals surface area contributed by atoms with E-state index in [4.69, 9.17) is 0 Å². The lowest BCUT2D eigenvalue weighted by Crippen LogP contribution is -2.25. The van der Waals surface area contributed by atoms with E-state index in [-0.39, 0.29) is 5.91 Å². The highest BCUT2D eigenvalue weighted by molar-refractivity contribution is 5.93. The Labute approximate surface area is 113 Å². The lowest BCUT2D eigenvalue weighted by atomic mass is 10.0. The molecule has 19 heavy (non-hydrogen) atoms. The van der Waals surface area contributed by atoms with Crippen molar-refractivity contribution in [1.29, 1.82) is 0 Å². The number of benzene rings is 1. The topological polar surface area (TPSA) is 42.0 Å². The molecular weight excluding hydrogens is 236 g/mol. The molecule has 2 rings (SSSR count). The molecule has 98 valence electrons. The number of hydrogen-bond donors (Lipinski definition) is 1. The Hall–Kier alpha value is -2.16. The normalized spacial score (nSPS) is 10.2. The van der Waals surface area contributed by atoms with Crippen LogP contribution in [-0.2, 0) is 6.42 Å². The summed E-state index contributed by atoms with van der Waals surface area (Å²) in [7, 11) is 0. The molecule has 0 aliphatic carbocycles. The number of aromatic nitrogens is 1. The van der Waals surface area contributed by atoms with Crippen molar-refractivity contribution in [3.05, 3.63) is 65.0 Å². The molecule has 0 spiro atoms. The van der Waals surface area contributed by atoms with Crippen LogP contribution in [0.2, 0.25) is 0 Å². The first-order valence-corrected chi connectivity index (χ1v) is 6.41. The Morgan fingerprint density at radius 1 is 1.26 bits per heavy atom. The van der Waals surface area contributed by atoms with Crippen LogP contribution in [-0.4, -0.2) is 17.4 Å². The summed E-state index contributed by atoms with van der Waals surface area (Å²) in [5.74, 6) is -0.0714. The van der Waals surface area contributed by atoms with Gasteiger partial charge >= 0.3 is 0 Å². The molecule has 0 aliphatic rings. The van der Waals surface area contributed by atoms with Gasteiger partial charge in [-0.05, 0) is 43.5 Å². The van der Waals surface area contributed by atoms with E-state index in [2.05, 4.69) is 42.3 Å². The molecule has 0 bridgehead atoms. The van der Waals surface area contributed by atoms with Crippen molar-refractivity contribution in [3.63, 3.8) is 0 Å². The van der Waals surface area contributed by atoms with E-state index >= 15 is 0 Å². The fourth-order valence-corrected chi connectivity index (χ4v) is 2.04. The van der Waals surface area contributed by atoms with Crippen molar-refractivity contribution in [3.8, 4) is 0 Å². The number of pyridine rings is 1. The van der Waals surface area contributed by atoms with Crippen LogP contribution in [0.3, 0.4) is 0 Å². The molecule has 1 amide bonds. The standard InChI is InChI=1S/C16H18N2O/c1-12-5-6-14(13(2)10-12)7-9-18-16(19)15-4-3-8-17-11-15/h3-6,8,10-11H,7,9H2,1-2H3,(H,18,19). The Balaban J connectivity index is 1.88. The van der Waals surface area contributed by atoms with E-state index in [0.717, 1.165) is 6.42 Å². The number of aryl methyl sites for hydroxylation is 2. The van der Waals surface area contributed by atoms with Crippen LogP contribution < -0.4 is 5.32 Å². The molecule has 3 heteroatoms. The van der Waals surface area contributed by atoms with Crippen LogP contribution in [0.4, 0.5) is 0 Å². The lowest BCUT2D eigenvalue weighted by molar-refractivity contribution is 0.0954. The average molecular weight is 254 g/mol. The van der Waals surface area contributed by atoms with Crippen molar-refractivity contribution >= 4 is 5.91 Å². The molecule has 1 aromatic carbocycles. The Morgan fingerprint density at radius 3 is 2.79 bits per heavy atom. The molecule has 0 radical (unpaired) electrons. The summed E-state index contributed by atoms with van der Waals surface area (Å²) in [4.78, 5) is 15.8. The summed E-state index contributed by atoms with van der Waals surface area (Å²) in [5.41, 5.74) is 4.41. The maximum atomic E-state index is 11.8. The third kappa shape index (κ3) is 3.65. The number of amides is 1. The number of rotatable bonds is 4. The van der Waals surface area contributed by atoms with Gasteiger partial charge in [-0.15, -0.1) is 0 Å². The molecule has 1 N–H and O–H groups in total. The van der Waals surface area contributed by atoms with Crippen LogP contribution in [0, 0.1) is 13.8 Å². The smallest absolute Gasteiger partial charge is 0.252 e. The van der Waals surface area contributed by atoms with Crippen LogP contribution in [0.25, 0.3) is 0 Å². The van der Waals surface area contributed by atoms with E-state index in [9.17, 15) is 4.79 Å². The van der Waals surface area contributed by atoms with Gasteiger partial charge < -0.3 is 5.32 Å². The zero-order valence-electron chi connectivity index (χ0n) is 11.3. The highest BCUT2D eigenvalue weighted by Crippen LogP contribution is 2.10. The van der Waals surface area contributed by atoms with Gasteiger partial charge in [-0.25, -0.2) is 0 Å². The summed E-state index contributed by atoms with van der Waals surface area (Å²) < 4.78 is 0. The molecule has 0 saturated heterocycles. The first-order chi connectivity index (χ1) is 9.16. The number of carbonyl (C=O) groups is 1. The summed E-state index contributed by atoms with van der Waals surface area (Å²) in [6.07, 6.45) is 4.08. The molecule has 0 fully saturated rings. The van der Waals surface area contributed by atoms with Crippen molar-refractivity contribution in [2.45, 2.75) is 20.3 Å². The fraction of sp³-hybridized carbons (Fsp3) is 0.250. The minimum absolute atomic E-state index is 0.0714. The van der Waals surface area contributed by atoms with Crippen molar-refractivity contribution in [2.75, 3.05) is 6.54 Å². The minimum Gasteiger partial charge on any atom is -0.352 e. The van der Waals surface area contributed by atoms with Gasteiger partial charge in [0.25, 0.3) is 5.91 Å². The van der Waals surface area contributed by atoms with E-state index in [1.165, 1.54) is 16.7 Å². The molecule has 3 nitrogen and oxygen atoms in total. The lowest BCUT2D eigenvalue weighted by Gasteiger charge is -2.08. The van der Waals surface area contributed by atoms with E-state index in [1.807, 2.05) is 0 Å². The van der Waals surface area contributed by atoms with Gasteiger partial charge in [-0.3, -0.25) is 9.78 Å². The van der Waals surface area contributed by atoms with Gasteiger partial charge in [0, 0.05) is 18.9 Å². The van der Waals surface area contributed by atoms with Gasteiger partial charge in [0.1, 0.15) is 0 Å². The number of nitrogens with zero attached hydrogens (tertiary/aromatic N) is 1. The third-order valence-corrected chi connectivity index (χ3v) is 3.10. The number of carbonyl (C=O) groups excluding carboxylic acids is 1. The first kappa shape index (κ1) is 13.3. The van der Waals surface area contributed by atoms with Crippen LogP contribution in [0.5, 0.6) is 0 Å². The van der Waals surface area contributed by atoms with Crippen LogP contribution in [0.1, 0.15) is 27.0 Å². The fourth-order valence-electron chi connectivity index (χ4n) is 2.04. The Bertz CT molecular complexity index is 564. The maximum Gasteiger partial charge on any atom is 0.252 e. The van der Waals surface area contributed by atoms with Gasteiger partial charge in [-0.1, -0.05) is 23.8 Å². The zero-order valence-corrected chi connectivity index (χ0v) is 11.3. The largest absolute Gasteiger partial charge is 0.352 e. The molecule has 0 aliphatic heterocycles. The van der Waals surface area contributed by atoms with E-state index < -0.39 is 0 Å². The molecule has 0 atom stereocenters. The Kier molecular flexibility index (Phi) is 4.29. The highest BCUT2D eigenvalue weighted by atomic mass is 16.1. The summed E-state index contributed by atoms with van der Waals surface area (Å²) in [5, 5.41) is 2.91. The maximum absolute atomic E-state index is 11.8. The monoisotopic (exact) mass is 254 g/mol. The second kappa shape index (κ2) is 6.14. The molecule has 2 aromatic rings. The summed E-state index contributed by atoms with van der Waals surface area (Å²) >= 11 is 0. The predicted octanol–water partition coefficient (Wildman–Crippen LogP) is 2.67. The van der Waals surface area contributed by atoms with Crippen LogP contribution >= 0.6 is 0 Å². The van der Waals surface area contributed by atoms with E-state index in [0.29, 0.717) is 12.1 Å². The number of nitrogens with one attached hydrogen (secondary N) is 1. The quantitative estimate of drug-likeness (QED) is 0.911. The molecule has 0 saturated carbocycles. The van der Waals surface area contributed by atoms with Crippen molar-refractivity contribution in [1.82, 2.24) is 10.3 Å². The second-order valence-corrected chi connectivity index (χ2v) is 4.68. The third-order valence-electron chi connectivity index (χ3n) is 3.10. The molecule has 1 aromatic heterocycles. The number of hydrogen-bond acceptors (Lipinski definition) is 2. The average Bonchev–Trinajstić information content (AvgIpc) is 2.42. The first-order valence-electron chi connectivity index (χ1n) is 6.41. The molecular formula is C16H18N2O. The molecule has 1 heterocycles. The zero-order chi connectivity index (χ0) is 13.7. The minimum atomic E-state index is -0.0714. The predicted molar refractivity (Wildman–Crippen MR) is 76.2 cm³/mol.